The van der Waals surface area contributed by atoms with Gasteiger partial charge < -0.3 is 4.74 Å². The minimum atomic E-state index is 0.683. The highest BCUT2D eigenvalue weighted by Gasteiger charge is 2.11. The molecule has 1 aliphatic heterocycles. The molecule has 0 amide bonds. The Hall–Kier alpha value is -0.250. The van der Waals surface area contributed by atoms with E-state index < -0.39 is 0 Å². The molecule has 1 aromatic rings. The molecule has 2 nitrogen and oxygen atoms in total. The molecule has 0 radical (unpaired) electrons. The van der Waals surface area contributed by atoms with Crippen molar-refractivity contribution in [2.75, 3.05) is 26.2 Å². The van der Waals surface area contributed by atoms with Gasteiger partial charge in [-0.1, -0.05) is 24.4 Å². The summed E-state index contributed by atoms with van der Waals surface area (Å²) < 4.78 is 6.78. The van der Waals surface area contributed by atoms with Crippen LogP contribution in [0.5, 0.6) is 5.75 Å². The van der Waals surface area contributed by atoms with E-state index in [2.05, 4.69) is 20.8 Å². The number of aryl methyl sites for hydroxylation is 1. The number of halogens is 2. The standard InChI is InChI=1S/C15H21BrClNO/c1-12-10-13(16)15(14(17)11-12)19-9-8-18-6-4-2-3-5-7-18/h10-11H,2-9H2,1H3. The van der Waals surface area contributed by atoms with Gasteiger partial charge in [0.2, 0.25) is 0 Å². The minimum Gasteiger partial charge on any atom is -0.490 e. The van der Waals surface area contributed by atoms with E-state index in [1.54, 1.807) is 0 Å². The molecule has 1 aromatic carbocycles. The molecule has 1 fully saturated rings. The molecule has 0 aliphatic carbocycles. The van der Waals surface area contributed by atoms with Gasteiger partial charge in [-0.25, -0.2) is 0 Å². The molecule has 4 heteroatoms. The summed E-state index contributed by atoms with van der Waals surface area (Å²) in [4.78, 5) is 2.49. The van der Waals surface area contributed by atoms with Gasteiger partial charge in [0, 0.05) is 6.54 Å². The average molecular weight is 347 g/mol. The van der Waals surface area contributed by atoms with Gasteiger partial charge in [-0.3, -0.25) is 4.90 Å². The highest BCUT2D eigenvalue weighted by molar-refractivity contribution is 9.10. The number of hydrogen-bond acceptors (Lipinski definition) is 2. The normalized spacial score (nSPS) is 17.2. The van der Waals surface area contributed by atoms with Crippen molar-refractivity contribution in [2.45, 2.75) is 32.6 Å². The van der Waals surface area contributed by atoms with Crippen LogP contribution in [0.2, 0.25) is 5.02 Å². The van der Waals surface area contributed by atoms with Crippen molar-refractivity contribution in [3.05, 3.63) is 27.2 Å². The van der Waals surface area contributed by atoms with Crippen molar-refractivity contribution in [2.24, 2.45) is 0 Å². The van der Waals surface area contributed by atoms with Gasteiger partial charge in [0.1, 0.15) is 6.61 Å². The van der Waals surface area contributed by atoms with Gasteiger partial charge >= 0.3 is 0 Å². The predicted molar refractivity (Wildman–Crippen MR) is 84.3 cm³/mol. The van der Waals surface area contributed by atoms with Crippen LogP contribution in [0.1, 0.15) is 31.2 Å². The number of rotatable bonds is 4. The second-order valence-electron chi connectivity index (χ2n) is 5.16. The van der Waals surface area contributed by atoms with Gasteiger partial charge in [0.15, 0.2) is 5.75 Å². The lowest BCUT2D eigenvalue weighted by atomic mass is 10.2. The van der Waals surface area contributed by atoms with Gasteiger partial charge in [-0.2, -0.15) is 0 Å². The Balaban J connectivity index is 1.85. The monoisotopic (exact) mass is 345 g/mol. The lowest BCUT2D eigenvalue weighted by molar-refractivity contribution is 0.213. The van der Waals surface area contributed by atoms with Crippen molar-refractivity contribution >= 4 is 27.5 Å². The lowest BCUT2D eigenvalue weighted by Crippen LogP contribution is -2.29. The van der Waals surface area contributed by atoms with E-state index in [0.29, 0.717) is 11.6 Å². The van der Waals surface area contributed by atoms with Crippen LogP contribution in [-0.4, -0.2) is 31.1 Å². The molecule has 0 saturated carbocycles. The summed E-state index contributed by atoms with van der Waals surface area (Å²) in [5.41, 5.74) is 1.14. The second kappa shape index (κ2) is 7.51. The fourth-order valence-corrected chi connectivity index (χ4v) is 3.59. The Bertz CT molecular complexity index is 394. The van der Waals surface area contributed by atoms with Gasteiger partial charge in [0.25, 0.3) is 0 Å². The Kier molecular flexibility index (Phi) is 5.99. The van der Waals surface area contributed by atoms with Crippen LogP contribution < -0.4 is 4.74 Å². The molecule has 0 N–H and O–H groups in total. The predicted octanol–water partition coefficient (Wildman–Crippen LogP) is 4.67. The number of ether oxygens (including phenoxy) is 1. The van der Waals surface area contributed by atoms with Crippen molar-refractivity contribution in [1.82, 2.24) is 4.90 Å². The molecule has 0 spiro atoms. The van der Waals surface area contributed by atoms with Crippen LogP contribution in [-0.2, 0) is 0 Å². The summed E-state index contributed by atoms with van der Waals surface area (Å²) in [5, 5.41) is 0.683. The maximum atomic E-state index is 6.21. The number of hydrogen-bond donors (Lipinski definition) is 0. The molecule has 106 valence electrons. The molecule has 1 aliphatic rings. The average Bonchev–Trinajstić information content (AvgIpc) is 2.61. The molecule has 1 saturated heterocycles. The molecular weight excluding hydrogens is 326 g/mol. The molecule has 19 heavy (non-hydrogen) atoms. The first-order valence-corrected chi connectivity index (χ1v) is 8.15. The van der Waals surface area contributed by atoms with Crippen LogP contribution >= 0.6 is 27.5 Å². The Labute approximate surface area is 129 Å². The largest absolute Gasteiger partial charge is 0.490 e. The van der Waals surface area contributed by atoms with E-state index in [0.717, 1.165) is 22.3 Å². The summed E-state index contributed by atoms with van der Waals surface area (Å²) in [7, 11) is 0. The van der Waals surface area contributed by atoms with Crippen molar-refractivity contribution in [3.8, 4) is 5.75 Å². The molecule has 1 heterocycles. The molecule has 0 bridgehead atoms. The lowest BCUT2D eigenvalue weighted by Gasteiger charge is -2.20. The van der Waals surface area contributed by atoms with E-state index in [1.807, 2.05) is 19.1 Å². The fourth-order valence-electron chi connectivity index (χ4n) is 2.46. The van der Waals surface area contributed by atoms with E-state index in [1.165, 1.54) is 38.8 Å². The smallest absolute Gasteiger partial charge is 0.152 e. The highest BCUT2D eigenvalue weighted by Crippen LogP contribution is 2.34. The quantitative estimate of drug-likeness (QED) is 0.786. The topological polar surface area (TPSA) is 12.5 Å². The minimum absolute atomic E-state index is 0.683. The third-order valence-electron chi connectivity index (χ3n) is 3.50. The van der Waals surface area contributed by atoms with Crippen molar-refractivity contribution < 1.29 is 4.74 Å². The SMILES string of the molecule is Cc1cc(Cl)c(OCCN2CCCCCC2)c(Br)c1. The summed E-state index contributed by atoms with van der Waals surface area (Å²) in [6.07, 6.45) is 5.36. The number of nitrogens with zero attached hydrogens (tertiary/aromatic N) is 1. The van der Waals surface area contributed by atoms with Crippen molar-refractivity contribution in [3.63, 3.8) is 0 Å². The highest BCUT2D eigenvalue weighted by atomic mass is 79.9. The number of likely N-dealkylation sites (tertiary alicyclic amines) is 1. The molecule has 2 rings (SSSR count). The first-order chi connectivity index (χ1) is 9.16. The Morgan fingerprint density at radius 1 is 1.21 bits per heavy atom. The van der Waals surface area contributed by atoms with Crippen LogP contribution in [0.4, 0.5) is 0 Å². The maximum Gasteiger partial charge on any atom is 0.152 e. The van der Waals surface area contributed by atoms with E-state index in [-0.39, 0.29) is 0 Å². The van der Waals surface area contributed by atoms with Gasteiger partial charge in [0.05, 0.1) is 9.50 Å². The molecule has 0 aromatic heterocycles. The summed E-state index contributed by atoms with van der Waals surface area (Å²) in [6.45, 7) is 6.11. The third-order valence-corrected chi connectivity index (χ3v) is 4.37. The van der Waals surface area contributed by atoms with Gasteiger partial charge in [-0.05, 0) is 66.5 Å². The number of benzene rings is 1. The maximum absolute atomic E-state index is 6.21. The van der Waals surface area contributed by atoms with Crippen molar-refractivity contribution in [1.29, 1.82) is 0 Å². The van der Waals surface area contributed by atoms with E-state index >= 15 is 0 Å². The van der Waals surface area contributed by atoms with Crippen LogP contribution in [0.25, 0.3) is 0 Å². The van der Waals surface area contributed by atoms with Crippen LogP contribution in [0.3, 0.4) is 0 Å². The van der Waals surface area contributed by atoms with E-state index in [9.17, 15) is 0 Å². The molecular formula is C15H21BrClNO. The second-order valence-corrected chi connectivity index (χ2v) is 6.42. The Morgan fingerprint density at radius 2 is 1.89 bits per heavy atom. The van der Waals surface area contributed by atoms with Crippen LogP contribution in [0.15, 0.2) is 16.6 Å². The Morgan fingerprint density at radius 3 is 2.53 bits per heavy atom. The zero-order valence-electron chi connectivity index (χ0n) is 11.4. The summed E-state index contributed by atoms with van der Waals surface area (Å²) in [5.74, 6) is 0.766. The zero-order chi connectivity index (χ0) is 13.7. The third kappa shape index (κ3) is 4.66. The fraction of sp³-hybridized carbons (Fsp3) is 0.600. The first-order valence-electron chi connectivity index (χ1n) is 6.97. The summed E-state index contributed by atoms with van der Waals surface area (Å²) >= 11 is 9.73. The van der Waals surface area contributed by atoms with E-state index in [4.69, 9.17) is 16.3 Å². The zero-order valence-corrected chi connectivity index (χ0v) is 13.8. The van der Waals surface area contributed by atoms with Gasteiger partial charge in [-0.15, -0.1) is 0 Å². The summed E-state index contributed by atoms with van der Waals surface area (Å²) in [6, 6.07) is 3.97. The van der Waals surface area contributed by atoms with Crippen LogP contribution in [0, 0.1) is 6.92 Å². The molecule has 0 atom stereocenters. The first kappa shape index (κ1) is 15.1. The molecule has 0 unspecified atom stereocenters.